The lowest BCUT2D eigenvalue weighted by Crippen LogP contribution is -2.15. The summed E-state index contributed by atoms with van der Waals surface area (Å²) in [5, 5.41) is 2.55. The summed E-state index contributed by atoms with van der Waals surface area (Å²) in [5.41, 5.74) is 5.25. The lowest BCUT2D eigenvalue weighted by atomic mass is 10.2. The first kappa shape index (κ1) is 14.7. The molecule has 1 amide bonds. The molecular formula is C13H8BrClF2N2O. The van der Waals surface area contributed by atoms with E-state index < -0.39 is 23.2 Å². The number of benzene rings is 2. The van der Waals surface area contributed by atoms with Gasteiger partial charge in [0.2, 0.25) is 0 Å². The zero-order chi connectivity index (χ0) is 14.9. The zero-order valence-corrected chi connectivity index (χ0v) is 12.2. The van der Waals surface area contributed by atoms with E-state index in [1.54, 1.807) is 6.07 Å². The smallest absolute Gasteiger partial charge is 0.255 e. The molecular weight excluding hydrogens is 354 g/mol. The van der Waals surface area contributed by atoms with Gasteiger partial charge in [-0.1, -0.05) is 11.6 Å². The van der Waals surface area contributed by atoms with Crippen LogP contribution in [0.1, 0.15) is 10.4 Å². The molecule has 2 aromatic rings. The van der Waals surface area contributed by atoms with E-state index in [9.17, 15) is 13.6 Å². The van der Waals surface area contributed by atoms with Gasteiger partial charge in [0.15, 0.2) is 11.6 Å². The van der Waals surface area contributed by atoms with Crippen molar-refractivity contribution in [1.29, 1.82) is 0 Å². The molecule has 3 nitrogen and oxygen atoms in total. The third-order valence-electron chi connectivity index (χ3n) is 2.55. The number of nitrogen functional groups attached to an aromatic ring is 1. The van der Waals surface area contributed by atoms with E-state index in [-0.39, 0.29) is 11.3 Å². The fraction of sp³-hybridized carbons (Fsp3) is 0. The van der Waals surface area contributed by atoms with Gasteiger partial charge in [0.1, 0.15) is 5.69 Å². The molecule has 0 aliphatic carbocycles. The maximum atomic E-state index is 13.6. The largest absolute Gasteiger partial charge is 0.397 e. The second kappa shape index (κ2) is 5.76. The van der Waals surface area contributed by atoms with Crippen LogP contribution in [0.25, 0.3) is 0 Å². The molecule has 20 heavy (non-hydrogen) atoms. The summed E-state index contributed by atoms with van der Waals surface area (Å²) >= 11 is 9.05. The number of carbonyl (C=O) groups is 1. The number of nitrogens with two attached hydrogens (primary N) is 1. The Balaban J connectivity index is 2.32. The summed E-state index contributed by atoms with van der Waals surface area (Å²) < 4.78 is 27.3. The maximum Gasteiger partial charge on any atom is 0.255 e. The number of amides is 1. The van der Waals surface area contributed by atoms with Crippen molar-refractivity contribution >= 4 is 44.8 Å². The second-order valence-corrected chi connectivity index (χ2v) is 5.17. The summed E-state index contributed by atoms with van der Waals surface area (Å²) in [6.07, 6.45) is 0. The van der Waals surface area contributed by atoms with Gasteiger partial charge in [-0.2, -0.15) is 0 Å². The second-order valence-electron chi connectivity index (χ2n) is 3.91. The zero-order valence-electron chi connectivity index (χ0n) is 9.88. The quantitative estimate of drug-likeness (QED) is 0.787. The minimum atomic E-state index is -1.21. The number of halogens is 4. The van der Waals surface area contributed by atoms with Gasteiger partial charge in [-0.25, -0.2) is 8.78 Å². The van der Waals surface area contributed by atoms with Crippen LogP contribution in [0.4, 0.5) is 20.2 Å². The molecule has 0 saturated heterocycles. The number of anilines is 2. The Morgan fingerprint density at radius 2 is 1.95 bits per heavy atom. The van der Waals surface area contributed by atoms with Crippen molar-refractivity contribution < 1.29 is 13.6 Å². The predicted octanol–water partition coefficient (Wildman–Crippen LogP) is 4.22. The summed E-state index contributed by atoms with van der Waals surface area (Å²) in [6, 6.07) is 6.51. The van der Waals surface area contributed by atoms with Crippen LogP contribution < -0.4 is 11.1 Å². The van der Waals surface area contributed by atoms with Crippen LogP contribution in [0.5, 0.6) is 0 Å². The average Bonchev–Trinajstić information content (AvgIpc) is 2.42. The Hall–Kier alpha value is -1.66. The third-order valence-corrected chi connectivity index (χ3v) is 3.78. The molecule has 0 radical (unpaired) electrons. The standard InChI is InChI=1S/C13H8BrClF2N2O/c14-7-2-1-6(5-8(7)15)13(20)19-12-10(18)4-3-9(16)11(12)17/h1-5H,18H2,(H,19,20). The number of hydrogen-bond donors (Lipinski definition) is 2. The van der Waals surface area contributed by atoms with E-state index >= 15 is 0 Å². The maximum absolute atomic E-state index is 13.6. The summed E-state index contributed by atoms with van der Waals surface area (Å²) in [6.45, 7) is 0. The number of nitrogens with one attached hydrogen (secondary N) is 1. The summed E-state index contributed by atoms with van der Waals surface area (Å²) in [7, 11) is 0. The van der Waals surface area contributed by atoms with Crippen LogP contribution in [-0.2, 0) is 0 Å². The van der Waals surface area contributed by atoms with Gasteiger partial charge >= 0.3 is 0 Å². The molecule has 0 saturated carbocycles. The van der Waals surface area contributed by atoms with Crippen molar-refractivity contribution in [3.05, 3.63) is 57.0 Å². The first-order valence-electron chi connectivity index (χ1n) is 5.40. The molecule has 0 aliphatic rings. The Bertz CT molecular complexity index is 694. The number of hydrogen-bond acceptors (Lipinski definition) is 2. The highest BCUT2D eigenvalue weighted by Gasteiger charge is 2.16. The molecule has 2 aromatic carbocycles. The van der Waals surface area contributed by atoms with E-state index in [1.807, 2.05) is 0 Å². The molecule has 0 bridgehead atoms. The Morgan fingerprint density at radius 3 is 2.60 bits per heavy atom. The highest BCUT2D eigenvalue weighted by atomic mass is 79.9. The summed E-state index contributed by atoms with van der Waals surface area (Å²) in [5.74, 6) is -2.94. The Morgan fingerprint density at radius 1 is 1.25 bits per heavy atom. The van der Waals surface area contributed by atoms with E-state index in [0.717, 1.165) is 6.07 Å². The Labute approximate surface area is 126 Å². The number of rotatable bonds is 2. The van der Waals surface area contributed by atoms with Gasteiger partial charge in [0.05, 0.1) is 10.7 Å². The first-order chi connectivity index (χ1) is 9.40. The molecule has 104 valence electrons. The fourth-order valence-electron chi connectivity index (χ4n) is 1.52. The molecule has 0 atom stereocenters. The van der Waals surface area contributed by atoms with E-state index in [2.05, 4.69) is 21.2 Å². The molecule has 7 heteroatoms. The van der Waals surface area contributed by atoms with E-state index in [4.69, 9.17) is 17.3 Å². The van der Waals surface area contributed by atoms with Crippen molar-refractivity contribution in [2.24, 2.45) is 0 Å². The van der Waals surface area contributed by atoms with Crippen LogP contribution in [0.3, 0.4) is 0 Å². The number of carbonyl (C=O) groups excluding carboxylic acids is 1. The SMILES string of the molecule is Nc1ccc(F)c(F)c1NC(=O)c1ccc(Br)c(Cl)c1. The molecule has 0 aromatic heterocycles. The van der Waals surface area contributed by atoms with Crippen molar-refractivity contribution in [1.82, 2.24) is 0 Å². The van der Waals surface area contributed by atoms with Crippen molar-refractivity contribution in [2.75, 3.05) is 11.1 Å². The monoisotopic (exact) mass is 360 g/mol. The molecule has 0 aliphatic heterocycles. The fourth-order valence-corrected chi connectivity index (χ4v) is 1.94. The van der Waals surface area contributed by atoms with Gasteiger partial charge in [-0.05, 0) is 46.3 Å². The topological polar surface area (TPSA) is 55.1 Å². The van der Waals surface area contributed by atoms with Crippen molar-refractivity contribution in [2.45, 2.75) is 0 Å². The average molecular weight is 362 g/mol. The van der Waals surface area contributed by atoms with E-state index in [1.165, 1.54) is 18.2 Å². The summed E-state index contributed by atoms with van der Waals surface area (Å²) in [4.78, 5) is 12.0. The van der Waals surface area contributed by atoms with Crippen molar-refractivity contribution in [3.63, 3.8) is 0 Å². The van der Waals surface area contributed by atoms with E-state index in [0.29, 0.717) is 9.50 Å². The molecule has 0 spiro atoms. The molecule has 0 unspecified atom stereocenters. The lowest BCUT2D eigenvalue weighted by molar-refractivity contribution is 0.102. The highest BCUT2D eigenvalue weighted by molar-refractivity contribution is 9.10. The highest BCUT2D eigenvalue weighted by Crippen LogP contribution is 2.27. The van der Waals surface area contributed by atoms with Gasteiger partial charge in [-0.3, -0.25) is 4.79 Å². The molecule has 0 fully saturated rings. The van der Waals surface area contributed by atoms with Crippen LogP contribution in [0, 0.1) is 11.6 Å². The minimum absolute atomic E-state index is 0.0690. The van der Waals surface area contributed by atoms with Crippen LogP contribution in [-0.4, -0.2) is 5.91 Å². The van der Waals surface area contributed by atoms with Gasteiger partial charge in [0, 0.05) is 10.0 Å². The van der Waals surface area contributed by atoms with Crippen molar-refractivity contribution in [3.8, 4) is 0 Å². The minimum Gasteiger partial charge on any atom is -0.397 e. The van der Waals surface area contributed by atoms with Crippen LogP contribution in [0.15, 0.2) is 34.8 Å². The lowest BCUT2D eigenvalue weighted by Gasteiger charge is -2.10. The molecule has 3 N–H and O–H groups in total. The van der Waals surface area contributed by atoms with Gasteiger partial charge in [-0.15, -0.1) is 0 Å². The molecule has 0 heterocycles. The first-order valence-corrected chi connectivity index (χ1v) is 6.57. The predicted molar refractivity (Wildman–Crippen MR) is 77.9 cm³/mol. The normalized spacial score (nSPS) is 10.4. The third kappa shape index (κ3) is 2.91. The Kier molecular flexibility index (Phi) is 4.25. The van der Waals surface area contributed by atoms with Gasteiger partial charge < -0.3 is 11.1 Å². The van der Waals surface area contributed by atoms with Gasteiger partial charge in [0.25, 0.3) is 5.91 Å². The van der Waals surface area contributed by atoms with Crippen LogP contribution in [0.2, 0.25) is 5.02 Å². The molecule has 2 rings (SSSR count). The van der Waals surface area contributed by atoms with Crippen LogP contribution >= 0.6 is 27.5 Å².